The Labute approximate surface area is 138 Å². The quantitative estimate of drug-likeness (QED) is 0.757. The van der Waals surface area contributed by atoms with Crippen molar-refractivity contribution in [3.05, 3.63) is 17.7 Å². The Kier molecular flexibility index (Phi) is 5.28. The van der Waals surface area contributed by atoms with Crippen molar-refractivity contribution in [3.8, 4) is 11.5 Å². The van der Waals surface area contributed by atoms with Crippen molar-refractivity contribution in [1.82, 2.24) is 0 Å². The molecule has 2 atom stereocenters. The summed E-state index contributed by atoms with van der Waals surface area (Å²) in [5.41, 5.74) is 0.273. The largest absolute Gasteiger partial charge is 0.493 e. The molecule has 1 saturated carbocycles. The maximum absolute atomic E-state index is 12.3. The Morgan fingerprint density at radius 1 is 1.04 bits per heavy atom. The van der Waals surface area contributed by atoms with Crippen LogP contribution in [-0.4, -0.2) is 44.3 Å². The monoisotopic (exact) mass is 337 g/mol. The van der Waals surface area contributed by atoms with E-state index in [0.29, 0.717) is 24.3 Å². The number of carbonyl (C=O) groups excluding carboxylic acids is 2. The molecule has 1 aromatic rings. The van der Waals surface area contributed by atoms with Gasteiger partial charge in [0.1, 0.15) is 0 Å². The number of amides is 1. The van der Waals surface area contributed by atoms with Crippen LogP contribution in [-0.2, 0) is 14.3 Å². The van der Waals surface area contributed by atoms with Crippen molar-refractivity contribution in [2.75, 3.05) is 26.6 Å². The Morgan fingerprint density at radius 2 is 1.62 bits per heavy atom. The van der Waals surface area contributed by atoms with Gasteiger partial charge in [-0.3, -0.25) is 9.59 Å². The second-order valence-corrected chi connectivity index (χ2v) is 5.36. The third kappa shape index (κ3) is 3.27. The molecule has 24 heavy (non-hydrogen) atoms. The van der Waals surface area contributed by atoms with E-state index in [1.54, 1.807) is 0 Å². The van der Waals surface area contributed by atoms with E-state index in [0.717, 1.165) is 0 Å². The number of carboxylic acids is 1. The van der Waals surface area contributed by atoms with E-state index in [2.05, 4.69) is 5.32 Å². The third-order valence-corrected chi connectivity index (χ3v) is 4.12. The van der Waals surface area contributed by atoms with E-state index in [-0.39, 0.29) is 11.3 Å². The van der Waals surface area contributed by atoms with Crippen LogP contribution in [0.5, 0.6) is 11.5 Å². The zero-order valence-corrected chi connectivity index (χ0v) is 13.6. The van der Waals surface area contributed by atoms with Crippen molar-refractivity contribution in [1.29, 1.82) is 0 Å². The molecule has 130 valence electrons. The summed E-state index contributed by atoms with van der Waals surface area (Å²) < 4.78 is 15.0. The second-order valence-electron chi connectivity index (χ2n) is 5.36. The van der Waals surface area contributed by atoms with Gasteiger partial charge in [-0.15, -0.1) is 0 Å². The smallest absolute Gasteiger partial charge is 0.340 e. The summed E-state index contributed by atoms with van der Waals surface area (Å²) in [5, 5.41) is 11.7. The molecule has 0 saturated heterocycles. The molecule has 1 aliphatic carbocycles. The molecule has 2 N–H and O–H groups in total. The number of anilines is 1. The van der Waals surface area contributed by atoms with E-state index in [9.17, 15) is 14.4 Å². The van der Waals surface area contributed by atoms with E-state index in [1.807, 2.05) is 0 Å². The van der Waals surface area contributed by atoms with Crippen LogP contribution >= 0.6 is 0 Å². The minimum atomic E-state index is -0.998. The minimum absolute atomic E-state index is 0.0923. The van der Waals surface area contributed by atoms with Gasteiger partial charge in [-0.25, -0.2) is 4.79 Å². The number of methoxy groups -OCH3 is 3. The van der Waals surface area contributed by atoms with Crippen molar-refractivity contribution >= 4 is 23.5 Å². The average Bonchev–Trinajstić information content (AvgIpc) is 2.51. The number of hydrogen-bond donors (Lipinski definition) is 2. The molecule has 0 aliphatic heterocycles. The van der Waals surface area contributed by atoms with Crippen molar-refractivity contribution < 1.29 is 33.7 Å². The lowest BCUT2D eigenvalue weighted by atomic mass is 9.73. The summed E-state index contributed by atoms with van der Waals surface area (Å²) in [6.07, 6.45) is 0.951. The number of hydrogen-bond acceptors (Lipinski definition) is 6. The molecule has 1 fully saturated rings. The first-order valence-electron chi connectivity index (χ1n) is 7.30. The molecule has 0 heterocycles. The van der Waals surface area contributed by atoms with E-state index < -0.39 is 29.7 Å². The standard InChI is InChI=1S/C16H19NO7/c1-22-12-6-10(16(21)24-3)11(7-13(12)23-2)17-14(18)8-4-5-9(8)15(19)20/h6-9H,4-5H2,1-3H3,(H,17,18)(H,19,20)/t8-,9-/m1/s1. The van der Waals surface area contributed by atoms with Gasteiger partial charge in [-0.2, -0.15) is 0 Å². The molecule has 2 rings (SSSR count). The molecule has 0 bridgehead atoms. The first-order valence-corrected chi connectivity index (χ1v) is 7.30. The summed E-state index contributed by atoms with van der Waals surface area (Å²) in [5.74, 6) is -2.80. The Balaban J connectivity index is 2.32. The van der Waals surface area contributed by atoms with E-state index in [1.165, 1.54) is 33.5 Å². The molecule has 0 spiro atoms. The highest BCUT2D eigenvalue weighted by molar-refractivity contribution is 6.03. The van der Waals surface area contributed by atoms with Crippen LogP contribution in [0.25, 0.3) is 0 Å². The average molecular weight is 337 g/mol. The van der Waals surface area contributed by atoms with Crippen LogP contribution in [0.4, 0.5) is 5.69 Å². The van der Waals surface area contributed by atoms with Gasteiger partial charge in [0.05, 0.1) is 44.4 Å². The molecule has 8 heteroatoms. The molecule has 0 aromatic heterocycles. The summed E-state index contributed by atoms with van der Waals surface area (Å²) in [4.78, 5) is 35.3. The van der Waals surface area contributed by atoms with Gasteiger partial charge < -0.3 is 24.6 Å². The highest BCUT2D eigenvalue weighted by Crippen LogP contribution is 2.37. The van der Waals surface area contributed by atoms with Gasteiger partial charge in [0.25, 0.3) is 0 Å². The Morgan fingerprint density at radius 3 is 2.08 bits per heavy atom. The maximum Gasteiger partial charge on any atom is 0.340 e. The summed E-state index contributed by atoms with van der Waals surface area (Å²) in [6, 6.07) is 2.84. The highest BCUT2D eigenvalue weighted by atomic mass is 16.5. The number of nitrogens with one attached hydrogen (secondary N) is 1. The molecule has 1 aliphatic rings. The maximum atomic E-state index is 12.3. The number of ether oxygens (including phenoxy) is 3. The first-order chi connectivity index (χ1) is 11.4. The topological polar surface area (TPSA) is 111 Å². The van der Waals surface area contributed by atoms with Crippen molar-refractivity contribution in [2.24, 2.45) is 11.8 Å². The van der Waals surface area contributed by atoms with E-state index >= 15 is 0 Å². The van der Waals surface area contributed by atoms with Crippen molar-refractivity contribution in [3.63, 3.8) is 0 Å². The van der Waals surface area contributed by atoms with Crippen molar-refractivity contribution in [2.45, 2.75) is 12.8 Å². The zero-order valence-electron chi connectivity index (χ0n) is 13.6. The summed E-state index contributed by atoms with van der Waals surface area (Å²) in [7, 11) is 4.06. The number of esters is 1. The van der Waals surface area contributed by atoms with Crippen LogP contribution < -0.4 is 14.8 Å². The van der Waals surface area contributed by atoms with Crippen LogP contribution in [0.15, 0.2) is 12.1 Å². The number of carbonyl (C=O) groups is 3. The number of carboxylic acid groups (broad SMARTS) is 1. The van der Waals surface area contributed by atoms with Gasteiger partial charge in [0.2, 0.25) is 5.91 Å². The lowest BCUT2D eigenvalue weighted by Gasteiger charge is -2.32. The molecular formula is C16H19NO7. The van der Waals surface area contributed by atoms with Gasteiger partial charge >= 0.3 is 11.9 Å². The van der Waals surface area contributed by atoms with Crippen LogP contribution in [0.1, 0.15) is 23.2 Å². The lowest BCUT2D eigenvalue weighted by Crippen LogP contribution is -2.41. The Bertz CT molecular complexity index is 671. The van der Waals surface area contributed by atoms with Crippen LogP contribution in [0.3, 0.4) is 0 Å². The lowest BCUT2D eigenvalue weighted by molar-refractivity contribution is -0.151. The molecule has 0 radical (unpaired) electrons. The normalized spacial score (nSPS) is 19.0. The van der Waals surface area contributed by atoms with Gasteiger partial charge in [-0.05, 0) is 12.8 Å². The SMILES string of the molecule is COC(=O)c1cc(OC)c(OC)cc1NC(=O)[C@@H]1CC[C@H]1C(=O)O. The minimum Gasteiger partial charge on any atom is -0.493 e. The molecule has 0 unspecified atom stereocenters. The third-order valence-electron chi connectivity index (χ3n) is 4.12. The highest BCUT2D eigenvalue weighted by Gasteiger charge is 2.41. The van der Waals surface area contributed by atoms with E-state index in [4.69, 9.17) is 19.3 Å². The zero-order chi connectivity index (χ0) is 17.9. The van der Waals surface area contributed by atoms with Gasteiger partial charge in [0, 0.05) is 12.1 Å². The second kappa shape index (κ2) is 7.20. The molecule has 1 amide bonds. The number of benzene rings is 1. The fourth-order valence-corrected chi connectivity index (χ4v) is 2.60. The Hall–Kier alpha value is -2.77. The fourth-order valence-electron chi connectivity index (χ4n) is 2.60. The fraction of sp³-hybridized carbons (Fsp3) is 0.438. The number of rotatable bonds is 6. The molecular weight excluding hydrogens is 318 g/mol. The van der Waals surface area contributed by atoms with Gasteiger partial charge in [-0.1, -0.05) is 0 Å². The van der Waals surface area contributed by atoms with Crippen LogP contribution in [0, 0.1) is 11.8 Å². The molecule has 8 nitrogen and oxygen atoms in total. The predicted octanol–water partition coefficient (Wildman–Crippen LogP) is 1.54. The number of aliphatic carboxylic acids is 1. The summed E-state index contributed by atoms with van der Waals surface area (Å²) in [6.45, 7) is 0. The predicted molar refractivity (Wildman–Crippen MR) is 83.4 cm³/mol. The first kappa shape index (κ1) is 17.6. The summed E-state index contributed by atoms with van der Waals surface area (Å²) >= 11 is 0. The van der Waals surface area contributed by atoms with Crippen LogP contribution in [0.2, 0.25) is 0 Å². The molecule has 1 aromatic carbocycles. The van der Waals surface area contributed by atoms with Gasteiger partial charge in [0.15, 0.2) is 11.5 Å².